The van der Waals surface area contributed by atoms with Gasteiger partial charge in [0.2, 0.25) is 0 Å². The molecule has 0 saturated heterocycles. The fourth-order valence-corrected chi connectivity index (χ4v) is 1.86. The summed E-state index contributed by atoms with van der Waals surface area (Å²) in [4.78, 5) is 10.2. The highest BCUT2D eigenvalue weighted by Gasteiger charge is 1.91. The van der Waals surface area contributed by atoms with Gasteiger partial charge in [0.05, 0.1) is 12.8 Å². The lowest BCUT2D eigenvalue weighted by Gasteiger charge is -1.99. The van der Waals surface area contributed by atoms with Gasteiger partial charge in [-0.05, 0) is 6.42 Å². The van der Waals surface area contributed by atoms with E-state index in [1.807, 2.05) is 0 Å². The first-order chi connectivity index (χ1) is 9.77. The zero-order valence-electron chi connectivity index (χ0n) is 12.8. The highest BCUT2D eigenvalue weighted by Crippen LogP contribution is 2.09. The van der Waals surface area contributed by atoms with E-state index < -0.39 is 5.97 Å². The topological polar surface area (TPSA) is 37.3 Å². The smallest absolute Gasteiger partial charge is 0.304 e. The molecule has 2 nitrogen and oxygen atoms in total. The largest absolute Gasteiger partial charge is 0.481 e. The van der Waals surface area contributed by atoms with Crippen molar-refractivity contribution in [3.05, 3.63) is 0 Å². The van der Waals surface area contributed by atoms with Crippen LogP contribution in [0.5, 0.6) is 0 Å². The Morgan fingerprint density at radius 1 is 0.800 bits per heavy atom. The molecule has 0 aromatic carbocycles. The van der Waals surface area contributed by atoms with Gasteiger partial charge in [0, 0.05) is 12.8 Å². The minimum atomic E-state index is -0.792. The number of hydrogen-bond donors (Lipinski definition) is 1. The van der Waals surface area contributed by atoms with E-state index in [1.165, 1.54) is 51.4 Å². The first kappa shape index (κ1) is 18.6. The fraction of sp³-hybridized carbons (Fsp3) is 0.722. The molecule has 0 bridgehead atoms. The van der Waals surface area contributed by atoms with E-state index in [-0.39, 0.29) is 6.42 Å². The van der Waals surface area contributed by atoms with Crippen molar-refractivity contribution in [1.82, 2.24) is 0 Å². The van der Waals surface area contributed by atoms with Crippen molar-refractivity contribution in [1.29, 1.82) is 0 Å². The summed E-state index contributed by atoms with van der Waals surface area (Å²) < 4.78 is 0. The van der Waals surface area contributed by atoms with Crippen molar-refractivity contribution in [3.63, 3.8) is 0 Å². The quantitative estimate of drug-likeness (QED) is 0.460. The lowest BCUT2D eigenvalue weighted by atomic mass is 10.1. The van der Waals surface area contributed by atoms with Crippen LogP contribution in [-0.2, 0) is 4.79 Å². The second kappa shape index (κ2) is 15.6. The van der Waals surface area contributed by atoms with E-state index in [2.05, 4.69) is 30.6 Å². The molecule has 0 saturated carbocycles. The molecule has 0 rings (SSSR count). The standard InChI is InChI=1S/C18H28O2/c1-2-3-4-5-6-7-8-9-10-11-12-13-14-15-16-17-18(19)20/h2-10,13,16-17H2,1H3,(H,19,20). The number of hydrogen-bond acceptors (Lipinski definition) is 1. The van der Waals surface area contributed by atoms with Crippen molar-refractivity contribution < 1.29 is 9.90 Å². The molecule has 2 heteroatoms. The normalized spacial score (nSPS) is 9.25. The highest BCUT2D eigenvalue weighted by molar-refractivity contribution is 5.66. The Labute approximate surface area is 124 Å². The molecule has 0 aromatic heterocycles. The lowest BCUT2D eigenvalue weighted by Crippen LogP contribution is -1.91. The summed E-state index contributed by atoms with van der Waals surface area (Å²) in [7, 11) is 0. The summed E-state index contributed by atoms with van der Waals surface area (Å²) in [6, 6.07) is 0. The Bertz CT molecular complexity index is 349. The molecular formula is C18H28O2. The molecule has 0 heterocycles. The SMILES string of the molecule is CCCCCCCCCCC#CCC#CCCC(=O)O. The van der Waals surface area contributed by atoms with E-state index in [9.17, 15) is 4.79 Å². The molecule has 0 aliphatic rings. The second-order valence-electron chi connectivity index (χ2n) is 5.00. The molecule has 0 unspecified atom stereocenters. The fourth-order valence-electron chi connectivity index (χ4n) is 1.86. The highest BCUT2D eigenvalue weighted by atomic mass is 16.4. The van der Waals surface area contributed by atoms with Gasteiger partial charge in [0.1, 0.15) is 0 Å². The molecule has 0 fully saturated rings. The zero-order chi connectivity index (χ0) is 14.9. The van der Waals surface area contributed by atoms with Crippen LogP contribution in [0.15, 0.2) is 0 Å². The minimum absolute atomic E-state index is 0.124. The van der Waals surface area contributed by atoms with Crippen molar-refractivity contribution in [3.8, 4) is 23.7 Å². The summed E-state index contributed by atoms with van der Waals surface area (Å²) >= 11 is 0. The van der Waals surface area contributed by atoms with Crippen LogP contribution in [0.1, 0.15) is 84.0 Å². The van der Waals surface area contributed by atoms with Crippen LogP contribution >= 0.6 is 0 Å². The summed E-state index contributed by atoms with van der Waals surface area (Å²) in [5.41, 5.74) is 0. The third-order valence-electron chi connectivity index (χ3n) is 3.05. The zero-order valence-corrected chi connectivity index (χ0v) is 12.8. The average molecular weight is 276 g/mol. The summed E-state index contributed by atoms with van der Waals surface area (Å²) in [5.74, 6) is 11.1. The number of aliphatic carboxylic acids is 1. The van der Waals surface area contributed by atoms with Gasteiger partial charge in [0.15, 0.2) is 0 Å². The Hall–Kier alpha value is -1.41. The van der Waals surface area contributed by atoms with Crippen molar-refractivity contribution in [2.45, 2.75) is 84.0 Å². The van der Waals surface area contributed by atoms with Gasteiger partial charge in [0.25, 0.3) is 0 Å². The van der Waals surface area contributed by atoms with E-state index in [1.54, 1.807) is 0 Å². The van der Waals surface area contributed by atoms with E-state index >= 15 is 0 Å². The van der Waals surface area contributed by atoms with Crippen LogP contribution in [0.3, 0.4) is 0 Å². The molecule has 20 heavy (non-hydrogen) atoms. The third kappa shape index (κ3) is 16.6. The van der Waals surface area contributed by atoms with Crippen LogP contribution in [0.4, 0.5) is 0 Å². The number of rotatable bonds is 10. The first-order valence-electron chi connectivity index (χ1n) is 7.90. The molecule has 0 spiro atoms. The second-order valence-corrected chi connectivity index (χ2v) is 5.00. The number of carboxylic acids is 1. The molecular weight excluding hydrogens is 248 g/mol. The maximum absolute atomic E-state index is 10.2. The Balaban J connectivity index is 3.26. The van der Waals surface area contributed by atoms with Gasteiger partial charge in [-0.15, -0.1) is 11.8 Å². The van der Waals surface area contributed by atoms with Crippen molar-refractivity contribution in [2.24, 2.45) is 0 Å². The van der Waals surface area contributed by atoms with Crippen molar-refractivity contribution >= 4 is 5.97 Å². The predicted octanol–water partition coefficient (Wildman–Crippen LogP) is 4.78. The molecule has 0 amide bonds. The number of carbonyl (C=O) groups is 1. The summed E-state index contributed by atoms with van der Waals surface area (Å²) in [5, 5.41) is 8.42. The average Bonchev–Trinajstić information content (AvgIpc) is 2.43. The lowest BCUT2D eigenvalue weighted by molar-refractivity contribution is -0.136. The van der Waals surface area contributed by atoms with Gasteiger partial charge in [-0.1, -0.05) is 63.7 Å². The first-order valence-corrected chi connectivity index (χ1v) is 7.90. The summed E-state index contributed by atoms with van der Waals surface area (Å²) in [6.45, 7) is 2.25. The van der Waals surface area contributed by atoms with Gasteiger partial charge < -0.3 is 5.11 Å². The Morgan fingerprint density at radius 3 is 1.95 bits per heavy atom. The van der Waals surface area contributed by atoms with Gasteiger partial charge in [-0.3, -0.25) is 4.79 Å². The van der Waals surface area contributed by atoms with Crippen LogP contribution in [0.2, 0.25) is 0 Å². The molecule has 0 aromatic rings. The van der Waals surface area contributed by atoms with Crippen LogP contribution in [-0.4, -0.2) is 11.1 Å². The Kier molecular flexibility index (Phi) is 14.5. The van der Waals surface area contributed by atoms with Crippen LogP contribution in [0, 0.1) is 23.7 Å². The van der Waals surface area contributed by atoms with E-state index in [0.717, 1.165) is 6.42 Å². The third-order valence-corrected chi connectivity index (χ3v) is 3.05. The predicted molar refractivity (Wildman–Crippen MR) is 84.3 cm³/mol. The minimum Gasteiger partial charge on any atom is -0.481 e. The maximum atomic E-state index is 10.2. The molecule has 0 atom stereocenters. The van der Waals surface area contributed by atoms with Crippen LogP contribution in [0.25, 0.3) is 0 Å². The van der Waals surface area contributed by atoms with E-state index in [4.69, 9.17) is 5.11 Å². The molecule has 0 aliphatic carbocycles. The van der Waals surface area contributed by atoms with Gasteiger partial charge in [-0.2, -0.15) is 0 Å². The molecule has 0 aliphatic heterocycles. The van der Waals surface area contributed by atoms with Gasteiger partial charge in [-0.25, -0.2) is 0 Å². The van der Waals surface area contributed by atoms with Gasteiger partial charge >= 0.3 is 5.97 Å². The Morgan fingerprint density at radius 2 is 1.35 bits per heavy atom. The van der Waals surface area contributed by atoms with Crippen LogP contribution < -0.4 is 0 Å². The van der Waals surface area contributed by atoms with Crippen molar-refractivity contribution in [2.75, 3.05) is 0 Å². The summed E-state index contributed by atoms with van der Waals surface area (Å²) in [6.07, 6.45) is 12.7. The number of unbranched alkanes of at least 4 members (excludes halogenated alkanes) is 8. The monoisotopic (exact) mass is 276 g/mol. The van der Waals surface area contributed by atoms with E-state index in [0.29, 0.717) is 12.8 Å². The number of carboxylic acid groups (broad SMARTS) is 1. The maximum Gasteiger partial charge on any atom is 0.304 e. The molecule has 112 valence electrons. The molecule has 1 N–H and O–H groups in total. The molecule has 0 radical (unpaired) electrons.